The number of likely N-dealkylation sites (N-methyl/N-ethyl adjacent to an activating group) is 1. The summed E-state index contributed by atoms with van der Waals surface area (Å²) in [4.78, 5) is 13.6. The van der Waals surface area contributed by atoms with Gasteiger partial charge in [0.05, 0.1) is 25.9 Å². The number of halogens is 1. The quantitative estimate of drug-likeness (QED) is 0.902. The lowest BCUT2D eigenvalue weighted by molar-refractivity contribution is -0.0280. The number of hydrogen-bond donors (Lipinski definition) is 1. The minimum atomic E-state index is -0.250. The van der Waals surface area contributed by atoms with Crippen molar-refractivity contribution < 1.29 is 14.3 Å². The fraction of sp³-hybridized carbons (Fsp3) is 0.562. The molecule has 6 heteroatoms. The summed E-state index contributed by atoms with van der Waals surface area (Å²) in [6, 6.07) is 10.3. The zero-order chi connectivity index (χ0) is 15.1. The second-order valence-electron chi connectivity index (χ2n) is 5.16. The molecular formula is C16H25ClN2O3. The summed E-state index contributed by atoms with van der Waals surface area (Å²) in [5.41, 5.74) is 1.14. The van der Waals surface area contributed by atoms with Crippen LogP contribution >= 0.6 is 12.4 Å². The van der Waals surface area contributed by atoms with Crippen LogP contribution in [0.2, 0.25) is 0 Å². The van der Waals surface area contributed by atoms with Crippen molar-refractivity contribution in [2.24, 2.45) is 0 Å². The fourth-order valence-corrected chi connectivity index (χ4v) is 2.57. The molecule has 1 saturated heterocycles. The Bertz CT molecular complexity index is 444. The van der Waals surface area contributed by atoms with Crippen LogP contribution < -0.4 is 5.32 Å². The summed E-state index contributed by atoms with van der Waals surface area (Å²) in [6.45, 7) is 4.05. The lowest BCUT2D eigenvalue weighted by Gasteiger charge is -2.37. The molecule has 1 heterocycles. The molecule has 1 fully saturated rings. The van der Waals surface area contributed by atoms with Gasteiger partial charge in [-0.2, -0.15) is 0 Å². The Balaban J connectivity index is 0.00000242. The number of carbonyl (C=O) groups excluding carboxylic acids is 1. The predicted molar refractivity (Wildman–Crippen MR) is 88.3 cm³/mol. The van der Waals surface area contributed by atoms with Crippen LogP contribution in [0.5, 0.6) is 0 Å². The predicted octanol–water partition coefficient (Wildman–Crippen LogP) is 2.44. The standard InChI is InChI=1S/C16H24N2O3.ClH/c1-3-20-16(19)18-10-9-14(17-2)15(11-18)21-12-13-7-5-4-6-8-13;/h4-8,14-15,17H,3,9-12H2,1-2H3;1H/t14-,15+;/m0./s1. The van der Waals surface area contributed by atoms with Crippen LogP contribution in [0.25, 0.3) is 0 Å². The number of amides is 1. The number of ether oxygens (including phenoxy) is 2. The van der Waals surface area contributed by atoms with Gasteiger partial charge in [0.2, 0.25) is 0 Å². The Labute approximate surface area is 138 Å². The summed E-state index contributed by atoms with van der Waals surface area (Å²) in [6.07, 6.45) is 0.600. The van der Waals surface area contributed by atoms with Gasteiger partial charge >= 0.3 is 6.09 Å². The molecule has 1 aliphatic rings. The van der Waals surface area contributed by atoms with E-state index in [2.05, 4.69) is 5.32 Å². The third-order valence-electron chi connectivity index (χ3n) is 3.76. The maximum atomic E-state index is 11.8. The highest BCUT2D eigenvalue weighted by Gasteiger charge is 2.31. The third-order valence-corrected chi connectivity index (χ3v) is 3.76. The maximum Gasteiger partial charge on any atom is 0.409 e. The highest BCUT2D eigenvalue weighted by atomic mass is 35.5. The molecular weight excluding hydrogens is 304 g/mol. The second kappa shape index (κ2) is 9.66. The van der Waals surface area contributed by atoms with Crippen LogP contribution in [0.4, 0.5) is 4.79 Å². The Hall–Kier alpha value is -1.30. The Morgan fingerprint density at radius 1 is 1.36 bits per heavy atom. The number of carbonyl (C=O) groups is 1. The van der Waals surface area contributed by atoms with E-state index in [0.717, 1.165) is 12.0 Å². The van der Waals surface area contributed by atoms with E-state index in [-0.39, 0.29) is 30.6 Å². The average Bonchev–Trinajstić information content (AvgIpc) is 2.54. The van der Waals surface area contributed by atoms with Crippen LogP contribution in [0, 0.1) is 0 Å². The summed E-state index contributed by atoms with van der Waals surface area (Å²) >= 11 is 0. The van der Waals surface area contributed by atoms with Gasteiger partial charge in [0, 0.05) is 12.6 Å². The van der Waals surface area contributed by atoms with Crippen molar-refractivity contribution in [2.75, 3.05) is 26.7 Å². The second-order valence-corrected chi connectivity index (χ2v) is 5.16. The summed E-state index contributed by atoms with van der Waals surface area (Å²) in [5.74, 6) is 0. The van der Waals surface area contributed by atoms with Crippen molar-refractivity contribution in [1.29, 1.82) is 0 Å². The molecule has 1 aromatic carbocycles. The summed E-state index contributed by atoms with van der Waals surface area (Å²) in [5, 5.41) is 3.28. The van der Waals surface area contributed by atoms with Crippen LogP contribution in [0.3, 0.4) is 0 Å². The lowest BCUT2D eigenvalue weighted by atomic mass is 10.0. The molecule has 0 aliphatic carbocycles. The molecule has 2 atom stereocenters. The van der Waals surface area contributed by atoms with Gasteiger partial charge in [0.1, 0.15) is 0 Å². The van der Waals surface area contributed by atoms with E-state index in [1.54, 1.807) is 4.90 Å². The molecule has 124 valence electrons. The average molecular weight is 329 g/mol. The minimum Gasteiger partial charge on any atom is -0.450 e. The molecule has 0 saturated carbocycles. The van der Waals surface area contributed by atoms with Crippen molar-refractivity contribution in [2.45, 2.75) is 32.1 Å². The van der Waals surface area contributed by atoms with E-state index in [1.165, 1.54) is 0 Å². The number of rotatable bonds is 5. The van der Waals surface area contributed by atoms with Gasteiger partial charge in [0.25, 0.3) is 0 Å². The molecule has 0 spiro atoms. The Morgan fingerprint density at radius 2 is 2.09 bits per heavy atom. The van der Waals surface area contributed by atoms with Crippen molar-refractivity contribution in [3.8, 4) is 0 Å². The van der Waals surface area contributed by atoms with Crippen molar-refractivity contribution in [3.05, 3.63) is 35.9 Å². The van der Waals surface area contributed by atoms with Gasteiger partial charge in [-0.05, 0) is 26.0 Å². The molecule has 22 heavy (non-hydrogen) atoms. The number of piperidine rings is 1. The van der Waals surface area contributed by atoms with Crippen LogP contribution in [-0.4, -0.2) is 49.9 Å². The van der Waals surface area contributed by atoms with Crippen LogP contribution in [-0.2, 0) is 16.1 Å². The fourth-order valence-electron chi connectivity index (χ4n) is 2.57. The van der Waals surface area contributed by atoms with Crippen LogP contribution in [0.1, 0.15) is 18.9 Å². The molecule has 2 rings (SSSR count). The van der Waals surface area contributed by atoms with E-state index in [4.69, 9.17) is 9.47 Å². The number of nitrogens with one attached hydrogen (secondary N) is 1. The maximum absolute atomic E-state index is 11.8. The molecule has 1 aliphatic heterocycles. The van der Waals surface area contributed by atoms with E-state index in [1.807, 2.05) is 44.3 Å². The Kier molecular flexibility index (Phi) is 8.24. The number of benzene rings is 1. The highest BCUT2D eigenvalue weighted by molar-refractivity contribution is 5.85. The molecule has 0 unspecified atom stereocenters. The first-order valence-electron chi connectivity index (χ1n) is 7.49. The normalized spacial score (nSPS) is 21.1. The molecule has 1 N–H and O–H groups in total. The van der Waals surface area contributed by atoms with Crippen LogP contribution in [0.15, 0.2) is 30.3 Å². The van der Waals surface area contributed by atoms with Crippen molar-refractivity contribution in [3.63, 3.8) is 0 Å². The summed E-state index contributed by atoms with van der Waals surface area (Å²) < 4.78 is 11.1. The topological polar surface area (TPSA) is 50.8 Å². The van der Waals surface area contributed by atoms with Gasteiger partial charge in [0.15, 0.2) is 0 Å². The summed E-state index contributed by atoms with van der Waals surface area (Å²) in [7, 11) is 1.93. The molecule has 0 aromatic heterocycles. The zero-order valence-corrected chi connectivity index (χ0v) is 14.0. The van der Waals surface area contributed by atoms with E-state index >= 15 is 0 Å². The SMILES string of the molecule is CCOC(=O)N1CC[C@H](NC)[C@H](OCc2ccccc2)C1.Cl. The van der Waals surface area contributed by atoms with Crippen molar-refractivity contribution >= 4 is 18.5 Å². The monoisotopic (exact) mass is 328 g/mol. The molecule has 5 nitrogen and oxygen atoms in total. The van der Waals surface area contributed by atoms with E-state index in [9.17, 15) is 4.79 Å². The zero-order valence-electron chi connectivity index (χ0n) is 13.2. The van der Waals surface area contributed by atoms with E-state index < -0.39 is 0 Å². The van der Waals surface area contributed by atoms with Crippen molar-refractivity contribution in [1.82, 2.24) is 10.2 Å². The van der Waals surface area contributed by atoms with Gasteiger partial charge < -0.3 is 19.7 Å². The molecule has 1 amide bonds. The minimum absolute atomic E-state index is 0. The van der Waals surface area contributed by atoms with Gasteiger partial charge in [-0.25, -0.2) is 4.79 Å². The first-order valence-corrected chi connectivity index (χ1v) is 7.49. The van der Waals surface area contributed by atoms with Gasteiger partial charge in [-0.1, -0.05) is 30.3 Å². The number of nitrogens with zero attached hydrogens (tertiary/aromatic N) is 1. The molecule has 0 bridgehead atoms. The number of likely N-dealkylation sites (tertiary alicyclic amines) is 1. The first-order chi connectivity index (χ1) is 10.2. The lowest BCUT2D eigenvalue weighted by Crippen LogP contribution is -2.54. The van der Waals surface area contributed by atoms with Gasteiger partial charge in [-0.15, -0.1) is 12.4 Å². The van der Waals surface area contributed by atoms with E-state index in [0.29, 0.717) is 26.3 Å². The first kappa shape index (κ1) is 18.7. The van der Waals surface area contributed by atoms with Gasteiger partial charge in [-0.3, -0.25) is 0 Å². The molecule has 1 aromatic rings. The molecule has 0 radical (unpaired) electrons. The number of hydrogen-bond acceptors (Lipinski definition) is 4. The highest BCUT2D eigenvalue weighted by Crippen LogP contribution is 2.16. The Morgan fingerprint density at radius 3 is 2.73 bits per heavy atom. The smallest absolute Gasteiger partial charge is 0.409 e. The largest absolute Gasteiger partial charge is 0.450 e. The third kappa shape index (κ3) is 5.16.